The lowest BCUT2D eigenvalue weighted by Gasteiger charge is -2.28. The first-order chi connectivity index (χ1) is 13.7. The van der Waals surface area contributed by atoms with Gasteiger partial charge in [-0.3, -0.25) is 0 Å². The molecule has 0 atom stereocenters. The summed E-state index contributed by atoms with van der Waals surface area (Å²) in [6.07, 6.45) is 1.76. The number of fused-ring (bicyclic) bond motifs is 1. The SMILES string of the molecule is COc1ccc(CSc2nc(N3CCOCC3)c3ncn(C)c3n2)cc1C#N. The summed E-state index contributed by atoms with van der Waals surface area (Å²) in [7, 11) is 3.50. The Kier molecular flexibility index (Phi) is 5.32. The topological polar surface area (TPSA) is 89.1 Å². The van der Waals surface area contributed by atoms with Crippen LogP contribution in [-0.4, -0.2) is 52.9 Å². The molecule has 9 heteroatoms. The van der Waals surface area contributed by atoms with E-state index in [0.29, 0.717) is 35.4 Å². The van der Waals surface area contributed by atoms with Crippen molar-refractivity contribution in [2.45, 2.75) is 10.9 Å². The molecule has 1 saturated heterocycles. The summed E-state index contributed by atoms with van der Waals surface area (Å²) < 4.78 is 12.6. The minimum absolute atomic E-state index is 0.526. The number of aryl methyl sites for hydroxylation is 1. The van der Waals surface area contributed by atoms with Crippen LogP contribution in [-0.2, 0) is 17.5 Å². The second-order valence-electron chi connectivity index (χ2n) is 6.39. The minimum atomic E-state index is 0.526. The summed E-state index contributed by atoms with van der Waals surface area (Å²) in [6.45, 7) is 2.95. The Morgan fingerprint density at radius 2 is 2.11 bits per heavy atom. The number of morpholine rings is 1. The number of imidazole rings is 1. The average molecular weight is 396 g/mol. The lowest BCUT2D eigenvalue weighted by Crippen LogP contribution is -2.37. The third-order valence-corrected chi connectivity index (χ3v) is 5.50. The van der Waals surface area contributed by atoms with Gasteiger partial charge in [-0.1, -0.05) is 17.8 Å². The maximum absolute atomic E-state index is 9.28. The second-order valence-corrected chi connectivity index (χ2v) is 7.33. The number of hydrogen-bond acceptors (Lipinski definition) is 8. The zero-order chi connectivity index (χ0) is 19.5. The van der Waals surface area contributed by atoms with E-state index in [2.05, 4.69) is 20.9 Å². The van der Waals surface area contributed by atoms with Gasteiger partial charge in [-0.05, 0) is 17.7 Å². The summed E-state index contributed by atoms with van der Waals surface area (Å²) in [4.78, 5) is 16.2. The van der Waals surface area contributed by atoms with Crippen LogP contribution < -0.4 is 9.64 Å². The number of thioether (sulfide) groups is 1. The third kappa shape index (κ3) is 3.61. The molecule has 0 bridgehead atoms. The number of benzene rings is 1. The first kappa shape index (κ1) is 18.5. The second kappa shape index (κ2) is 8.04. The van der Waals surface area contributed by atoms with Gasteiger partial charge < -0.3 is 18.9 Å². The van der Waals surface area contributed by atoms with E-state index in [0.717, 1.165) is 35.6 Å². The quantitative estimate of drug-likeness (QED) is 0.480. The summed E-state index contributed by atoms with van der Waals surface area (Å²) in [5.74, 6) is 2.09. The minimum Gasteiger partial charge on any atom is -0.495 e. The average Bonchev–Trinajstić information content (AvgIpc) is 3.12. The molecule has 1 fully saturated rings. The van der Waals surface area contributed by atoms with Gasteiger partial charge in [0.2, 0.25) is 0 Å². The van der Waals surface area contributed by atoms with E-state index >= 15 is 0 Å². The van der Waals surface area contributed by atoms with E-state index in [1.54, 1.807) is 13.4 Å². The van der Waals surface area contributed by atoms with Crippen LogP contribution in [0.25, 0.3) is 11.2 Å². The molecular formula is C19H20N6O2S. The molecule has 0 N–H and O–H groups in total. The van der Waals surface area contributed by atoms with Gasteiger partial charge in [0.25, 0.3) is 0 Å². The van der Waals surface area contributed by atoms with Crippen LogP contribution in [0.3, 0.4) is 0 Å². The molecule has 28 heavy (non-hydrogen) atoms. The fourth-order valence-corrected chi connectivity index (χ4v) is 3.89. The van der Waals surface area contributed by atoms with Gasteiger partial charge in [0, 0.05) is 25.9 Å². The van der Waals surface area contributed by atoms with Crippen LogP contribution in [0, 0.1) is 11.3 Å². The van der Waals surface area contributed by atoms with Crippen LogP contribution in [0.5, 0.6) is 5.75 Å². The van der Waals surface area contributed by atoms with Crippen molar-refractivity contribution in [2.75, 3.05) is 38.3 Å². The number of nitrogens with zero attached hydrogens (tertiary/aromatic N) is 6. The Morgan fingerprint density at radius 3 is 2.86 bits per heavy atom. The smallest absolute Gasteiger partial charge is 0.191 e. The first-order valence-electron chi connectivity index (χ1n) is 8.91. The fourth-order valence-electron chi connectivity index (χ4n) is 3.11. The Labute approximate surface area is 167 Å². The van der Waals surface area contributed by atoms with Crippen molar-refractivity contribution in [3.8, 4) is 11.8 Å². The molecule has 0 saturated carbocycles. The molecule has 8 nitrogen and oxygen atoms in total. The fraction of sp³-hybridized carbons (Fsp3) is 0.368. The number of ether oxygens (including phenoxy) is 2. The molecule has 1 aliphatic heterocycles. The number of hydrogen-bond donors (Lipinski definition) is 0. The van der Waals surface area contributed by atoms with Crippen molar-refractivity contribution >= 4 is 28.7 Å². The summed E-state index contributed by atoms with van der Waals surface area (Å²) in [5.41, 5.74) is 3.16. The molecule has 0 spiro atoms. The molecule has 1 aromatic carbocycles. The maximum atomic E-state index is 9.28. The van der Waals surface area contributed by atoms with Crippen molar-refractivity contribution < 1.29 is 9.47 Å². The summed E-state index contributed by atoms with van der Waals surface area (Å²) >= 11 is 1.54. The van der Waals surface area contributed by atoms with Gasteiger partial charge in [0.1, 0.15) is 11.8 Å². The van der Waals surface area contributed by atoms with Gasteiger partial charge in [-0.25, -0.2) is 15.0 Å². The van der Waals surface area contributed by atoms with Gasteiger partial charge in [0.05, 0.1) is 32.2 Å². The highest BCUT2D eigenvalue weighted by atomic mass is 32.2. The van der Waals surface area contributed by atoms with Crippen molar-refractivity contribution in [2.24, 2.45) is 7.05 Å². The number of aromatic nitrogens is 4. The predicted molar refractivity (Wildman–Crippen MR) is 107 cm³/mol. The number of rotatable bonds is 5. The maximum Gasteiger partial charge on any atom is 0.191 e. The number of methoxy groups -OCH3 is 1. The zero-order valence-corrected chi connectivity index (χ0v) is 16.6. The van der Waals surface area contributed by atoms with Crippen LogP contribution in [0.15, 0.2) is 29.7 Å². The van der Waals surface area contributed by atoms with E-state index in [1.807, 2.05) is 29.8 Å². The molecule has 0 amide bonds. The van der Waals surface area contributed by atoms with Crippen molar-refractivity contribution in [1.29, 1.82) is 5.26 Å². The van der Waals surface area contributed by atoms with Crippen molar-refractivity contribution in [3.63, 3.8) is 0 Å². The third-order valence-electron chi connectivity index (χ3n) is 4.58. The molecule has 0 radical (unpaired) electrons. The highest BCUT2D eigenvalue weighted by Gasteiger charge is 2.20. The molecule has 4 rings (SSSR count). The number of anilines is 1. The normalized spacial score (nSPS) is 14.2. The van der Waals surface area contributed by atoms with Crippen LogP contribution in [0.1, 0.15) is 11.1 Å². The van der Waals surface area contributed by atoms with Crippen molar-refractivity contribution in [1.82, 2.24) is 19.5 Å². The first-order valence-corrected chi connectivity index (χ1v) is 9.89. The van der Waals surface area contributed by atoms with E-state index < -0.39 is 0 Å². The zero-order valence-electron chi connectivity index (χ0n) is 15.8. The largest absolute Gasteiger partial charge is 0.495 e. The Morgan fingerprint density at radius 1 is 1.29 bits per heavy atom. The lowest BCUT2D eigenvalue weighted by molar-refractivity contribution is 0.122. The molecule has 2 aromatic heterocycles. The van der Waals surface area contributed by atoms with E-state index in [4.69, 9.17) is 14.5 Å². The molecule has 3 aromatic rings. The van der Waals surface area contributed by atoms with E-state index in [1.165, 1.54) is 11.8 Å². The Balaban J connectivity index is 1.62. The van der Waals surface area contributed by atoms with E-state index in [-0.39, 0.29) is 0 Å². The molecule has 3 heterocycles. The van der Waals surface area contributed by atoms with Gasteiger partial charge in [-0.2, -0.15) is 5.26 Å². The highest BCUT2D eigenvalue weighted by molar-refractivity contribution is 7.98. The Bertz CT molecular complexity index is 1040. The van der Waals surface area contributed by atoms with Gasteiger partial charge in [0.15, 0.2) is 22.1 Å². The predicted octanol–water partition coefficient (Wildman–Crippen LogP) is 2.37. The molecule has 0 aliphatic carbocycles. The lowest BCUT2D eigenvalue weighted by atomic mass is 10.1. The monoisotopic (exact) mass is 396 g/mol. The van der Waals surface area contributed by atoms with Crippen molar-refractivity contribution in [3.05, 3.63) is 35.7 Å². The van der Waals surface area contributed by atoms with Crippen LogP contribution >= 0.6 is 11.8 Å². The highest BCUT2D eigenvalue weighted by Crippen LogP contribution is 2.29. The molecule has 0 unspecified atom stereocenters. The summed E-state index contributed by atoms with van der Waals surface area (Å²) in [6, 6.07) is 7.79. The number of nitriles is 1. The summed E-state index contributed by atoms with van der Waals surface area (Å²) in [5, 5.41) is 9.97. The standard InChI is InChI=1S/C19H20N6O2S/c1-24-12-21-16-17(24)22-19(23-18(16)25-5-7-27-8-6-25)28-11-13-3-4-15(26-2)14(9-13)10-20/h3-4,9,12H,5-8,11H2,1-2H3. The molecular weight excluding hydrogens is 376 g/mol. The van der Waals surface area contributed by atoms with Crippen LogP contribution in [0.2, 0.25) is 0 Å². The van der Waals surface area contributed by atoms with E-state index in [9.17, 15) is 5.26 Å². The Hall–Kier alpha value is -2.83. The molecule has 144 valence electrons. The van der Waals surface area contributed by atoms with Gasteiger partial charge >= 0.3 is 0 Å². The van der Waals surface area contributed by atoms with Crippen LogP contribution in [0.4, 0.5) is 5.82 Å². The molecule has 1 aliphatic rings. The van der Waals surface area contributed by atoms with Gasteiger partial charge in [-0.15, -0.1) is 0 Å².